The minimum Gasteiger partial charge on any atom is -0.306 e. The zero-order chi connectivity index (χ0) is 13.1. The molecule has 19 heavy (non-hydrogen) atoms. The first-order valence-corrected chi connectivity index (χ1v) is 6.03. The molecule has 92 valence electrons. The summed E-state index contributed by atoms with van der Waals surface area (Å²) in [6, 6.07) is 13.9. The van der Waals surface area contributed by atoms with Crippen LogP contribution in [0.15, 0.2) is 60.9 Å². The molecule has 0 aliphatic rings. The Hall–Kier alpha value is -2.68. The molecule has 2 aromatic heterocycles. The lowest BCUT2D eigenvalue weighted by atomic mass is 10.1. The smallest absolute Gasteiger partial charge is 0.142 e. The fourth-order valence-corrected chi connectivity index (χ4v) is 1.99. The molecule has 1 aromatic carbocycles. The number of benzene rings is 1. The SMILES string of the molecule is O=C/C=C/c1ccc(-c2cn3ccccc3n2)cc1. The third-order valence-electron chi connectivity index (χ3n) is 2.94. The summed E-state index contributed by atoms with van der Waals surface area (Å²) >= 11 is 0. The van der Waals surface area contributed by atoms with E-state index in [2.05, 4.69) is 4.98 Å². The number of hydrogen-bond donors (Lipinski definition) is 0. The van der Waals surface area contributed by atoms with Gasteiger partial charge >= 0.3 is 0 Å². The van der Waals surface area contributed by atoms with E-state index in [1.807, 2.05) is 59.3 Å². The lowest BCUT2D eigenvalue weighted by Crippen LogP contribution is -1.78. The van der Waals surface area contributed by atoms with Crippen molar-refractivity contribution in [1.29, 1.82) is 0 Å². The molecule has 0 radical (unpaired) electrons. The van der Waals surface area contributed by atoms with Gasteiger partial charge in [0.2, 0.25) is 0 Å². The molecule has 3 heteroatoms. The van der Waals surface area contributed by atoms with Crippen molar-refractivity contribution in [3.63, 3.8) is 0 Å². The third-order valence-corrected chi connectivity index (χ3v) is 2.94. The predicted molar refractivity (Wildman–Crippen MR) is 75.7 cm³/mol. The predicted octanol–water partition coefficient (Wildman–Crippen LogP) is 3.21. The van der Waals surface area contributed by atoms with Gasteiger partial charge in [-0.25, -0.2) is 4.98 Å². The number of aldehydes is 1. The highest BCUT2D eigenvalue weighted by Gasteiger charge is 2.03. The van der Waals surface area contributed by atoms with Gasteiger partial charge in [-0.1, -0.05) is 36.4 Å². The maximum atomic E-state index is 10.3. The van der Waals surface area contributed by atoms with E-state index < -0.39 is 0 Å². The van der Waals surface area contributed by atoms with Crippen molar-refractivity contribution >= 4 is 18.0 Å². The second-order valence-electron chi connectivity index (χ2n) is 4.21. The summed E-state index contributed by atoms with van der Waals surface area (Å²) in [5.41, 5.74) is 3.94. The van der Waals surface area contributed by atoms with Crippen LogP contribution in [0.3, 0.4) is 0 Å². The molecule has 0 aliphatic heterocycles. The molecular weight excluding hydrogens is 236 g/mol. The second-order valence-corrected chi connectivity index (χ2v) is 4.21. The number of allylic oxidation sites excluding steroid dienone is 1. The van der Waals surface area contributed by atoms with Gasteiger partial charge in [0.25, 0.3) is 0 Å². The Morgan fingerprint density at radius 1 is 1.05 bits per heavy atom. The van der Waals surface area contributed by atoms with Crippen LogP contribution in [-0.2, 0) is 4.79 Å². The van der Waals surface area contributed by atoms with Crippen molar-refractivity contribution in [2.45, 2.75) is 0 Å². The molecule has 0 unspecified atom stereocenters. The van der Waals surface area contributed by atoms with Crippen LogP contribution in [0.5, 0.6) is 0 Å². The van der Waals surface area contributed by atoms with Crippen LogP contribution in [0.4, 0.5) is 0 Å². The van der Waals surface area contributed by atoms with Gasteiger partial charge in [-0.15, -0.1) is 0 Å². The van der Waals surface area contributed by atoms with E-state index in [0.717, 1.165) is 28.8 Å². The van der Waals surface area contributed by atoms with Crippen LogP contribution in [0.2, 0.25) is 0 Å². The molecule has 0 atom stereocenters. The highest BCUT2D eigenvalue weighted by atomic mass is 16.1. The Kier molecular flexibility index (Phi) is 2.94. The zero-order valence-corrected chi connectivity index (χ0v) is 10.2. The molecule has 0 spiro atoms. The average Bonchev–Trinajstić information content (AvgIpc) is 2.89. The number of nitrogens with zero attached hydrogens (tertiary/aromatic N) is 2. The van der Waals surface area contributed by atoms with E-state index in [4.69, 9.17) is 0 Å². The maximum Gasteiger partial charge on any atom is 0.142 e. The van der Waals surface area contributed by atoms with Gasteiger partial charge in [0.05, 0.1) is 5.69 Å². The normalized spacial score (nSPS) is 11.2. The van der Waals surface area contributed by atoms with Gasteiger partial charge in [-0.05, 0) is 23.8 Å². The topological polar surface area (TPSA) is 34.4 Å². The second kappa shape index (κ2) is 4.90. The van der Waals surface area contributed by atoms with Crippen molar-refractivity contribution in [1.82, 2.24) is 9.38 Å². The van der Waals surface area contributed by atoms with Gasteiger partial charge in [0.15, 0.2) is 0 Å². The van der Waals surface area contributed by atoms with E-state index in [0.29, 0.717) is 0 Å². The standard InChI is InChI=1S/C16H12N2O/c19-11-3-4-13-6-8-14(9-7-13)15-12-18-10-2-1-5-16(18)17-15/h1-12H/b4-3+. The van der Waals surface area contributed by atoms with Gasteiger partial charge in [-0.2, -0.15) is 0 Å². The maximum absolute atomic E-state index is 10.3. The van der Waals surface area contributed by atoms with Gasteiger partial charge in [0, 0.05) is 18.0 Å². The molecule has 0 fully saturated rings. The highest BCUT2D eigenvalue weighted by molar-refractivity contribution is 5.74. The van der Waals surface area contributed by atoms with Crippen LogP contribution in [0.1, 0.15) is 5.56 Å². The number of pyridine rings is 1. The Bertz CT molecular complexity index is 706. The first-order valence-electron chi connectivity index (χ1n) is 6.03. The van der Waals surface area contributed by atoms with E-state index >= 15 is 0 Å². The van der Waals surface area contributed by atoms with Crippen LogP contribution in [0.25, 0.3) is 23.0 Å². The van der Waals surface area contributed by atoms with E-state index in [1.165, 1.54) is 6.08 Å². The first-order chi connectivity index (χ1) is 9.36. The highest BCUT2D eigenvalue weighted by Crippen LogP contribution is 2.19. The zero-order valence-electron chi connectivity index (χ0n) is 10.2. The largest absolute Gasteiger partial charge is 0.306 e. The molecule has 2 heterocycles. The lowest BCUT2D eigenvalue weighted by Gasteiger charge is -1.97. The Morgan fingerprint density at radius 2 is 1.89 bits per heavy atom. The Balaban J connectivity index is 1.97. The summed E-state index contributed by atoms with van der Waals surface area (Å²) < 4.78 is 2.00. The van der Waals surface area contributed by atoms with Crippen molar-refractivity contribution in [3.05, 3.63) is 66.5 Å². The van der Waals surface area contributed by atoms with Crippen molar-refractivity contribution in [2.24, 2.45) is 0 Å². The number of rotatable bonds is 3. The van der Waals surface area contributed by atoms with Crippen LogP contribution >= 0.6 is 0 Å². The number of fused-ring (bicyclic) bond motifs is 1. The number of carbonyl (C=O) groups is 1. The Labute approximate surface area is 110 Å². The molecular formula is C16H12N2O. The quantitative estimate of drug-likeness (QED) is 0.527. The number of imidazole rings is 1. The Morgan fingerprint density at radius 3 is 2.63 bits per heavy atom. The number of hydrogen-bond acceptors (Lipinski definition) is 2. The number of carbonyl (C=O) groups excluding carboxylic acids is 1. The van der Waals surface area contributed by atoms with Gasteiger partial charge in [-0.3, -0.25) is 4.79 Å². The summed E-state index contributed by atoms with van der Waals surface area (Å²) in [6.07, 6.45) is 8.02. The molecule has 0 amide bonds. The monoisotopic (exact) mass is 248 g/mol. The van der Waals surface area contributed by atoms with Crippen molar-refractivity contribution < 1.29 is 4.79 Å². The van der Waals surface area contributed by atoms with Gasteiger partial charge in [0.1, 0.15) is 11.9 Å². The van der Waals surface area contributed by atoms with Crippen LogP contribution in [0, 0.1) is 0 Å². The molecule has 3 aromatic rings. The van der Waals surface area contributed by atoms with Crippen molar-refractivity contribution in [2.75, 3.05) is 0 Å². The summed E-state index contributed by atoms with van der Waals surface area (Å²) in [5, 5.41) is 0. The minimum absolute atomic E-state index is 0.774. The van der Waals surface area contributed by atoms with Crippen LogP contribution < -0.4 is 0 Å². The molecule has 0 aliphatic carbocycles. The molecule has 0 bridgehead atoms. The van der Waals surface area contributed by atoms with Crippen LogP contribution in [-0.4, -0.2) is 15.7 Å². The van der Waals surface area contributed by atoms with E-state index in [-0.39, 0.29) is 0 Å². The first kappa shape index (κ1) is 11.4. The summed E-state index contributed by atoms with van der Waals surface area (Å²) in [7, 11) is 0. The van der Waals surface area contributed by atoms with E-state index in [9.17, 15) is 4.79 Å². The number of aromatic nitrogens is 2. The summed E-state index contributed by atoms with van der Waals surface area (Å²) in [6.45, 7) is 0. The average molecular weight is 248 g/mol. The molecule has 0 N–H and O–H groups in total. The molecule has 0 saturated carbocycles. The molecule has 0 saturated heterocycles. The van der Waals surface area contributed by atoms with E-state index in [1.54, 1.807) is 6.08 Å². The fourth-order valence-electron chi connectivity index (χ4n) is 1.99. The summed E-state index contributed by atoms with van der Waals surface area (Å²) in [5.74, 6) is 0. The fraction of sp³-hybridized carbons (Fsp3) is 0. The lowest BCUT2D eigenvalue weighted by molar-refractivity contribution is -0.104. The van der Waals surface area contributed by atoms with Gasteiger partial charge < -0.3 is 4.40 Å². The summed E-state index contributed by atoms with van der Waals surface area (Å²) in [4.78, 5) is 14.8. The third kappa shape index (κ3) is 2.31. The molecule has 3 nitrogen and oxygen atoms in total. The minimum atomic E-state index is 0.774. The van der Waals surface area contributed by atoms with Crippen molar-refractivity contribution in [3.8, 4) is 11.3 Å². The molecule has 3 rings (SSSR count).